The van der Waals surface area contributed by atoms with Crippen LogP contribution in [0.15, 0.2) is 11.9 Å². The molecule has 1 heterocycles. The number of nitrogens with zero attached hydrogens (tertiary/aromatic N) is 1. The van der Waals surface area contributed by atoms with Crippen LogP contribution in [0.4, 0.5) is 0 Å². The fourth-order valence-electron chi connectivity index (χ4n) is 1.50. The number of nitrogens with one attached hydrogen (secondary N) is 2. The third-order valence-electron chi connectivity index (χ3n) is 2.46. The van der Waals surface area contributed by atoms with Crippen LogP contribution in [0.3, 0.4) is 0 Å². The molecular formula is C9H18N3O2S2+. The number of thiol groups is 1. The number of hydrogen-bond donors (Lipinski definition) is 4. The van der Waals surface area contributed by atoms with E-state index in [0.717, 1.165) is 5.70 Å². The summed E-state index contributed by atoms with van der Waals surface area (Å²) in [5.74, 6) is -0.780. The Bertz CT molecular complexity index is 302. The molecule has 2 atom stereocenters. The Kier molecular flexibility index (Phi) is 4.40. The molecule has 1 aliphatic heterocycles. The van der Waals surface area contributed by atoms with Crippen LogP contribution in [-0.4, -0.2) is 48.2 Å². The minimum Gasteiger partial charge on any atom is -0.477 e. The molecule has 0 fully saturated rings. The largest absolute Gasteiger partial charge is 0.477 e. The van der Waals surface area contributed by atoms with Gasteiger partial charge in [0, 0.05) is 11.9 Å². The molecule has 92 valence electrons. The van der Waals surface area contributed by atoms with Crippen LogP contribution in [0.25, 0.3) is 0 Å². The lowest BCUT2D eigenvalue weighted by atomic mass is 10.1. The van der Waals surface area contributed by atoms with Gasteiger partial charge in [-0.25, -0.2) is 4.79 Å². The van der Waals surface area contributed by atoms with E-state index < -0.39 is 12.0 Å². The maximum Gasteiger partial charge on any atom is 0.362 e. The molecule has 1 rings (SSSR count). The van der Waals surface area contributed by atoms with Crippen LogP contribution < -0.4 is 10.6 Å². The molecule has 1 aliphatic rings. The average molecular weight is 264 g/mol. The normalized spacial score (nSPS) is 22.0. The van der Waals surface area contributed by atoms with Crippen molar-refractivity contribution in [2.24, 2.45) is 0 Å². The Labute approximate surface area is 105 Å². The van der Waals surface area contributed by atoms with Crippen LogP contribution in [0, 0.1) is 0 Å². The first-order valence-corrected chi connectivity index (χ1v) is 6.83. The number of likely N-dealkylation sites (N-methyl/N-ethyl adjacent to an activating group) is 1. The third-order valence-corrected chi connectivity index (χ3v) is 3.56. The van der Waals surface area contributed by atoms with Gasteiger partial charge in [-0.05, 0) is 0 Å². The van der Waals surface area contributed by atoms with E-state index in [-0.39, 0.29) is 5.50 Å². The Morgan fingerprint density at radius 1 is 1.69 bits per heavy atom. The van der Waals surface area contributed by atoms with E-state index in [4.69, 9.17) is 0 Å². The van der Waals surface area contributed by atoms with Crippen LogP contribution in [0.2, 0.25) is 0 Å². The van der Waals surface area contributed by atoms with Crippen molar-refractivity contribution in [2.75, 3.05) is 21.1 Å². The van der Waals surface area contributed by atoms with Gasteiger partial charge in [0.2, 0.25) is 0 Å². The van der Waals surface area contributed by atoms with E-state index in [1.165, 1.54) is 10.8 Å². The number of carboxylic acids is 1. The first kappa shape index (κ1) is 13.5. The van der Waals surface area contributed by atoms with Gasteiger partial charge < -0.3 is 20.2 Å². The van der Waals surface area contributed by atoms with Gasteiger partial charge in [-0.1, -0.05) is 10.8 Å². The quantitative estimate of drug-likeness (QED) is 0.330. The summed E-state index contributed by atoms with van der Waals surface area (Å²) in [6, 6.07) is -0.454. The topological polar surface area (TPSA) is 61.4 Å². The number of carbonyl (C=O) groups is 1. The van der Waals surface area contributed by atoms with Crippen molar-refractivity contribution in [3.63, 3.8) is 0 Å². The molecule has 0 amide bonds. The number of carboxylic acid groups (broad SMARTS) is 1. The van der Waals surface area contributed by atoms with E-state index in [1.54, 1.807) is 0 Å². The summed E-state index contributed by atoms with van der Waals surface area (Å²) in [4.78, 5) is 11.2. The molecule has 0 radical (unpaired) electrons. The molecule has 0 unspecified atom stereocenters. The highest BCUT2D eigenvalue weighted by atomic mass is 33.1. The fourth-order valence-corrected chi connectivity index (χ4v) is 2.18. The number of hydrogen-bond acceptors (Lipinski definition) is 5. The lowest BCUT2D eigenvalue weighted by molar-refractivity contribution is -0.887. The van der Waals surface area contributed by atoms with E-state index in [0.29, 0.717) is 10.9 Å². The van der Waals surface area contributed by atoms with Gasteiger partial charge in [0.15, 0.2) is 11.5 Å². The molecule has 0 aromatic heterocycles. The first-order chi connectivity index (χ1) is 7.34. The van der Waals surface area contributed by atoms with Crippen molar-refractivity contribution in [2.45, 2.75) is 18.0 Å². The maximum absolute atomic E-state index is 11.2. The van der Waals surface area contributed by atoms with Crippen molar-refractivity contribution in [1.82, 2.24) is 10.6 Å². The highest BCUT2D eigenvalue weighted by Gasteiger charge is 2.33. The van der Waals surface area contributed by atoms with E-state index in [1.807, 2.05) is 27.3 Å². The predicted molar refractivity (Wildman–Crippen MR) is 68.8 cm³/mol. The SMILES string of the molecule is C[N+](C)(C)[C@@H](CC1=CN[C@H](SS)N1)C(=O)O. The van der Waals surface area contributed by atoms with Gasteiger partial charge in [-0.15, -0.1) is 11.7 Å². The average Bonchev–Trinajstić information content (AvgIpc) is 2.59. The highest BCUT2D eigenvalue weighted by Crippen LogP contribution is 2.20. The van der Waals surface area contributed by atoms with Crippen molar-refractivity contribution >= 4 is 28.4 Å². The molecule has 0 aromatic carbocycles. The number of rotatable bonds is 5. The minimum atomic E-state index is -0.780. The summed E-state index contributed by atoms with van der Waals surface area (Å²) in [6.45, 7) is 0. The van der Waals surface area contributed by atoms with Crippen LogP contribution in [0.1, 0.15) is 6.42 Å². The van der Waals surface area contributed by atoms with Gasteiger partial charge in [0.05, 0.1) is 27.6 Å². The number of quaternary nitrogens is 1. The molecule has 0 aliphatic carbocycles. The molecule has 0 spiro atoms. The highest BCUT2D eigenvalue weighted by molar-refractivity contribution is 8.68. The van der Waals surface area contributed by atoms with E-state index in [9.17, 15) is 9.90 Å². The van der Waals surface area contributed by atoms with Gasteiger partial charge in [0.1, 0.15) is 0 Å². The first-order valence-electron chi connectivity index (χ1n) is 4.90. The molecule has 16 heavy (non-hydrogen) atoms. The molecule has 0 saturated carbocycles. The zero-order valence-electron chi connectivity index (χ0n) is 9.60. The second kappa shape index (κ2) is 5.20. The lowest BCUT2D eigenvalue weighted by Gasteiger charge is -2.31. The third kappa shape index (κ3) is 3.50. The standard InChI is InChI=1S/C9H17N3O2S2/c1-12(2,3)7(8(13)14)4-6-5-10-9(11-6)16-15/h5,7,9-11H,4H2,1-3H3,(H-,13,14,15)/p+1/t7-,9-/m0/s1. The molecule has 0 saturated heterocycles. The smallest absolute Gasteiger partial charge is 0.362 e. The van der Waals surface area contributed by atoms with Gasteiger partial charge in [0.25, 0.3) is 0 Å². The summed E-state index contributed by atoms with van der Waals surface area (Å²) < 4.78 is 0.396. The van der Waals surface area contributed by atoms with Crippen LogP contribution in [0.5, 0.6) is 0 Å². The second-order valence-electron chi connectivity index (χ2n) is 4.64. The molecule has 3 N–H and O–H groups in total. The second-order valence-corrected chi connectivity index (χ2v) is 5.96. The van der Waals surface area contributed by atoms with E-state index in [2.05, 4.69) is 22.3 Å². The van der Waals surface area contributed by atoms with Crippen molar-refractivity contribution in [3.8, 4) is 0 Å². The van der Waals surface area contributed by atoms with Crippen molar-refractivity contribution in [1.29, 1.82) is 0 Å². The lowest BCUT2D eigenvalue weighted by Crippen LogP contribution is -2.50. The summed E-state index contributed by atoms with van der Waals surface area (Å²) in [7, 11) is 6.99. The monoisotopic (exact) mass is 264 g/mol. The minimum absolute atomic E-state index is 0.0280. The molecule has 7 heteroatoms. The van der Waals surface area contributed by atoms with E-state index >= 15 is 0 Å². The van der Waals surface area contributed by atoms with Crippen molar-refractivity contribution < 1.29 is 14.4 Å². The molecule has 0 aromatic rings. The molecule has 5 nitrogen and oxygen atoms in total. The number of aliphatic carboxylic acids is 1. The Balaban J connectivity index is 2.61. The summed E-state index contributed by atoms with van der Waals surface area (Å²) in [5.41, 5.74) is 0.937. The molecule has 0 bridgehead atoms. The fraction of sp³-hybridized carbons (Fsp3) is 0.667. The Hall–Kier alpha value is -0.530. The predicted octanol–water partition coefficient (Wildman–Crippen LogP) is 0.432. The van der Waals surface area contributed by atoms with Gasteiger partial charge in [-0.2, -0.15) is 0 Å². The zero-order valence-corrected chi connectivity index (χ0v) is 11.3. The van der Waals surface area contributed by atoms with Crippen LogP contribution >= 0.6 is 22.5 Å². The summed E-state index contributed by atoms with van der Waals surface area (Å²) in [6.07, 6.45) is 2.30. The summed E-state index contributed by atoms with van der Waals surface area (Å²) in [5, 5.41) is 15.4. The maximum atomic E-state index is 11.2. The zero-order chi connectivity index (χ0) is 12.3. The Morgan fingerprint density at radius 3 is 2.69 bits per heavy atom. The van der Waals surface area contributed by atoms with Crippen molar-refractivity contribution in [3.05, 3.63) is 11.9 Å². The van der Waals surface area contributed by atoms with Gasteiger partial charge >= 0.3 is 5.97 Å². The Morgan fingerprint density at radius 2 is 2.31 bits per heavy atom. The van der Waals surface area contributed by atoms with Gasteiger partial charge in [-0.3, -0.25) is 0 Å². The summed E-state index contributed by atoms with van der Waals surface area (Å²) >= 11 is 4.08. The molecular weight excluding hydrogens is 246 g/mol. The van der Waals surface area contributed by atoms with Crippen LogP contribution in [-0.2, 0) is 4.79 Å².